The zero-order chi connectivity index (χ0) is 36.7. The van der Waals surface area contributed by atoms with Crippen molar-refractivity contribution < 1.29 is 0 Å². The third-order valence-corrected chi connectivity index (χ3v) is 11.9. The summed E-state index contributed by atoms with van der Waals surface area (Å²) < 4.78 is 0. The van der Waals surface area contributed by atoms with Gasteiger partial charge >= 0.3 is 0 Å². The van der Waals surface area contributed by atoms with E-state index in [0.717, 1.165) is 39.3 Å². The second kappa shape index (κ2) is 12.1. The molecule has 2 nitrogen and oxygen atoms in total. The first-order valence-electron chi connectivity index (χ1n) is 19.1. The smallest absolute Gasteiger partial charge is 0.160 e. The van der Waals surface area contributed by atoms with E-state index in [1.54, 1.807) is 0 Å². The van der Waals surface area contributed by atoms with Crippen LogP contribution in [0.2, 0.25) is 0 Å². The molecule has 258 valence electrons. The van der Waals surface area contributed by atoms with Crippen LogP contribution in [0.15, 0.2) is 182 Å². The van der Waals surface area contributed by atoms with Crippen molar-refractivity contribution in [2.45, 2.75) is 19.3 Å². The van der Waals surface area contributed by atoms with Crippen LogP contribution in [0.4, 0.5) is 0 Å². The standard InChI is InChI=1S/C53H36N2/c1-53(2)46-25-13-12-23-43(46)51-44(24-14-26-47(51)53)49-32-48(54-52(55-49)34-16-4-3-5-17-34)40-29-30-41(39-22-11-10-21-38(39)40)50-37-20-9-7-18-35(37)31-45-36-19-8-6-15-33(36)27-28-42(45)50/h3-32H,1-2H3. The molecule has 0 fully saturated rings. The van der Waals surface area contributed by atoms with Gasteiger partial charge in [0.2, 0.25) is 0 Å². The van der Waals surface area contributed by atoms with Crippen LogP contribution in [0.25, 0.3) is 99.2 Å². The Labute approximate surface area is 320 Å². The third-order valence-electron chi connectivity index (χ3n) is 11.9. The summed E-state index contributed by atoms with van der Waals surface area (Å²) in [5, 5.41) is 9.90. The first-order chi connectivity index (χ1) is 27.0. The van der Waals surface area contributed by atoms with Crippen LogP contribution < -0.4 is 0 Å². The molecule has 0 aliphatic heterocycles. The maximum atomic E-state index is 5.34. The molecule has 0 saturated carbocycles. The fourth-order valence-electron chi connectivity index (χ4n) is 9.26. The molecule has 0 atom stereocenters. The predicted octanol–water partition coefficient (Wildman–Crippen LogP) is 14.1. The van der Waals surface area contributed by atoms with E-state index in [1.807, 2.05) is 6.07 Å². The molecule has 1 aliphatic rings. The van der Waals surface area contributed by atoms with Gasteiger partial charge in [0.15, 0.2) is 5.82 Å². The van der Waals surface area contributed by atoms with Gasteiger partial charge in [-0.1, -0.05) is 184 Å². The summed E-state index contributed by atoms with van der Waals surface area (Å²) in [5.74, 6) is 0.719. The molecule has 2 heteroatoms. The number of aromatic nitrogens is 2. The highest BCUT2D eigenvalue weighted by molar-refractivity contribution is 6.23. The molecule has 0 bridgehead atoms. The summed E-state index contributed by atoms with van der Waals surface area (Å²) in [7, 11) is 0. The molecule has 1 aliphatic carbocycles. The molecule has 0 unspecified atom stereocenters. The molecule has 0 spiro atoms. The fraction of sp³-hybridized carbons (Fsp3) is 0.0566. The van der Waals surface area contributed by atoms with Crippen LogP contribution in [0.5, 0.6) is 0 Å². The largest absolute Gasteiger partial charge is 0.228 e. The van der Waals surface area contributed by atoms with Crippen LogP contribution in [-0.4, -0.2) is 9.97 Å². The quantitative estimate of drug-likeness (QED) is 0.135. The molecule has 11 rings (SSSR count). The highest BCUT2D eigenvalue weighted by atomic mass is 14.9. The van der Waals surface area contributed by atoms with Crippen molar-refractivity contribution in [3.05, 3.63) is 193 Å². The second-order valence-corrected chi connectivity index (χ2v) is 15.3. The Hall–Kier alpha value is -6.90. The van der Waals surface area contributed by atoms with Gasteiger partial charge in [0.1, 0.15) is 0 Å². The average molecular weight is 701 g/mol. The lowest BCUT2D eigenvalue weighted by atomic mass is 9.82. The highest BCUT2D eigenvalue weighted by Crippen LogP contribution is 2.52. The Morgan fingerprint density at radius 3 is 1.76 bits per heavy atom. The van der Waals surface area contributed by atoms with E-state index in [-0.39, 0.29) is 5.41 Å². The molecule has 9 aromatic carbocycles. The zero-order valence-electron chi connectivity index (χ0n) is 30.7. The molecule has 0 saturated heterocycles. The minimum absolute atomic E-state index is 0.107. The summed E-state index contributed by atoms with van der Waals surface area (Å²) in [6.45, 7) is 4.66. The van der Waals surface area contributed by atoms with Crippen LogP contribution in [0.1, 0.15) is 25.0 Å². The Bertz CT molecular complexity index is 3170. The maximum Gasteiger partial charge on any atom is 0.160 e. The number of nitrogens with zero attached hydrogens (tertiary/aromatic N) is 2. The van der Waals surface area contributed by atoms with Crippen molar-refractivity contribution in [2.75, 3.05) is 0 Å². The number of hydrogen-bond acceptors (Lipinski definition) is 2. The lowest BCUT2D eigenvalue weighted by molar-refractivity contribution is 0.660. The molecule has 55 heavy (non-hydrogen) atoms. The summed E-state index contributed by atoms with van der Waals surface area (Å²) in [5.41, 5.74) is 12.6. The SMILES string of the molecule is CC1(C)c2ccccc2-c2c(-c3cc(-c4ccc(-c5c6ccccc6cc6c5ccc5ccccc56)c5ccccc45)nc(-c4ccccc4)n3)cccc21. The summed E-state index contributed by atoms with van der Waals surface area (Å²) >= 11 is 0. The predicted molar refractivity (Wildman–Crippen MR) is 231 cm³/mol. The molecular weight excluding hydrogens is 665 g/mol. The molecule has 10 aromatic rings. The summed E-state index contributed by atoms with van der Waals surface area (Å²) in [6.07, 6.45) is 0. The van der Waals surface area contributed by atoms with E-state index in [2.05, 4.69) is 190 Å². The number of rotatable bonds is 4. The number of benzene rings is 9. The van der Waals surface area contributed by atoms with Crippen molar-refractivity contribution in [1.82, 2.24) is 9.97 Å². The van der Waals surface area contributed by atoms with Crippen LogP contribution in [-0.2, 0) is 5.41 Å². The van der Waals surface area contributed by atoms with Gasteiger partial charge in [-0.2, -0.15) is 0 Å². The van der Waals surface area contributed by atoms with Gasteiger partial charge in [-0.3, -0.25) is 0 Å². The van der Waals surface area contributed by atoms with E-state index >= 15 is 0 Å². The Kier molecular flexibility index (Phi) is 6.93. The van der Waals surface area contributed by atoms with Gasteiger partial charge in [0, 0.05) is 22.1 Å². The van der Waals surface area contributed by atoms with E-state index in [1.165, 1.54) is 71.1 Å². The van der Waals surface area contributed by atoms with Gasteiger partial charge in [0.05, 0.1) is 11.4 Å². The molecule has 0 radical (unpaired) electrons. The van der Waals surface area contributed by atoms with Crippen molar-refractivity contribution in [1.29, 1.82) is 0 Å². The van der Waals surface area contributed by atoms with Crippen molar-refractivity contribution in [2.24, 2.45) is 0 Å². The fourth-order valence-corrected chi connectivity index (χ4v) is 9.26. The minimum Gasteiger partial charge on any atom is -0.228 e. The van der Waals surface area contributed by atoms with E-state index in [9.17, 15) is 0 Å². The monoisotopic (exact) mass is 700 g/mol. The average Bonchev–Trinajstić information content (AvgIpc) is 3.48. The maximum absolute atomic E-state index is 5.34. The molecule has 0 N–H and O–H groups in total. The summed E-state index contributed by atoms with van der Waals surface area (Å²) in [4.78, 5) is 10.7. The Morgan fingerprint density at radius 1 is 0.345 bits per heavy atom. The Morgan fingerprint density at radius 2 is 0.945 bits per heavy atom. The first kappa shape index (κ1) is 31.6. The second-order valence-electron chi connectivity index (χ2n) is 15.3. The minimum atomic E-state index is -0.107. The normalized spacial score (nSPS) is 13.1. The highest BCUT2D eigenvalue weighted by Gasteiger charge is 2.36. The molecule has 1 heterocycles. The number of fused-ring (bicyclic) bond motifs is 8. The van der Waals surface area contributed by atoms with Crippen LogP contribution in [0, 0.1) is 0 Å². The molecule has 0 amide bonds. The Balaban J connectivity index is 1.18. The lowest BCUT2D eigenvalue weighted by Crippen LogP contribution is -2.14. The van der Waals surface area contributed by atoms with Crippen molar-refractivity contribution in [3.63, 3.8) is 0 Å². The van der Waals surface area contributed by atoms with Crippen LogP contribution >= 0.6 is 0 Å². The van der Waals surface area contributed by atoms with Gasteiger partial charge in [-0.05, 0) is 88.6 Å². The van der Waals surface area contributed by atoms with Gasteiger partial charge in [-0.25, -0.2) is 9.97 Å². The van der Waals surface area contributed by atoms with Gasteiger partial charge < -0.3 is 0 Å². The first-order valence-corrected chi connectivity index (χ1v) is 19.1. The number of hydrogen-bond donors (Lipinski definition) is 0. The van der Waals surface area contributed by atoms with Crippen LogP contribution in [0.3, 0.4) is 0 Å². The van der Waals surface area contributed by atoms with Crippen molar-refractivity contribution in [3.8, 4) is 56.2 Å². The lowest BCUT2D eigenvalue weighted by Gasteiger charge is -2.21. The van der Waals surface area contributed by atoms with Gasteiger partial charge in [-0.15, -0.1) is 0 Å². The third kappa shape index (κ3) is 4.81. The van der Waals surface area contributed by atoms with E-state index in [4.69, 9.17) is 9.97 Å². The van der Waals surface area contributed by atoms with Crippen molar-refractivity contribution >= 4 is 43.1 Å². The topological polar surface area (TPSA) is 25.8 Å². The van der Waals surface area contributed by atoms with E-state index < -0.39 is 0 Å². The zero-order valence-corrected chi connectivity index (χ0v) is 30.7. The van der Waals surface area contributed by atoms with E-state index in [0.29, 0.717) is 0 Å². The van der Waals surface area contributed by atoms with Gasteiger partial charge in [0.25, 0.3) is 0 Å². The molecule has 1 aromatic heterocycles. The molecular formula is C53H36N2. The summed E-state index contributed by atoms with van der Waals surface area (Å²) in [6, 6.07) is 66.0.